The standard InChI is InChI=1S/C22H24N6O4S/c1-26-22-16(11-24-26)4-3-5-20(22)28(14-29)33(30,31)19-12-25-27(13-19)21-10-15(6-7-23-21)17-8-18(9-17)32-2/h3-7,10-13,17-18,29H,8-9,14H2,1-2H3. The van der Waals surface area contributed by atoms with E-state index in [0.717, 1.165) is 28.1 Å². The second-order valence-electron chi connectivity index (χ2n) is 8.07. The molecule has 1 fully saturated rings. The minimum absolute atomic E-state index is 0.0500. The molecule has 0 atom stereocenters. The van der Waals surface area contributed by atoms with Gasteiger partial charge in [0.05, 0.1) is 35.9 Å². The molecule has 0 spiro atoms. The van der Waals surface area contributed by atoms with E-state index in [1.165, 1.54) is 17.1 Å². The summed E-state index contributed by atoms with van der Waals surface area (Å²) >= 11 is 0. The van der Waals surface area contributed by atoms with E-state index in [9.17, 15) is 13.5 Å². The summed E-state index contributed by atoms with van der Waals surface area (Å²) in [7, 11) is -0.652. The largest absolute Gasteiger partial charge is 0.381 e. The molecule has 11 heteroatoms. The highest BCUT2D eigenvalue weighted by molar-refractivity contribution is 7.92. The fourth-order valence-corrected chi connectivity index (χ4v) is 5.46. The summed E-state index contributed by atoms with van der Waals surface area (Å²) in [6.45, 7) is -0.728. The maximum Gasteiger partial charge on any atom is 0.269 e. The van der Waals surface area contributed by atoms with Gasteiger partial charge in [0.2, 0.25) is 0 Å². The van der Waals surface area contributed by atoms with Crippen LogP contribution in [-0.4, -0.2) is 58.0 Å². The number of aliphatic hydroxyl groups excluding tert-OH is 1. The molecule has 3 aromatic heterocycles. The zero-order chi connectivity index (χ0) is 23.2. The predicted molar refractivity (Wildman–Crippen MR) is 122 cm³/mol. The lowest BCUT2D eigenvalue weighted by atomic mass is 9.78. The lowest BCUT2D eigenvalue weighted by Crippen LogP contribution is -2.32. The average Bonchev–Trinajstić information content (AvgIpc) is 3.42. The molecule has 0 radical (unpaired) electrons. The van der Waals surface area contributed by atoms with E-state index < -0.39 is 16.8 Å². The quantitative estimate of drug-likeness (QED) is 0.413. The highest BCUT2D eigenvalue weighted by Gasteiger charge is 2.31. The Kier molecular flexibility index (Phi) is 5.39. The summed E-state index contributed by atoms with van der Waals surface area (Å²) in [6.07, 6.45) is 8.19. The third-order valence-corrected chi connectivity index (χ3v) is 7.89. The van der Waals surface area contributed by atoms with Gasteiger partial charge in [-0.3, -0.25) is 4.68 Å². The van der Waals surface area contributed by atoms with Crippen LogP contribution in [0.15, 0.2) is 60.0 Å². The number of fused-ring (bicyclic) bond motifs is 1. The van der Waals surface area contributed by atoms with Gasteiger partial charge in [-0.1, -0.05) is 12.1 Å². The molecule has 1 aromatic carbocycles. The predicted octanol–water partition coefficient (Wildman–Crippen LogP) is 2.19. The summed E-state index contributed by atoms with van der Waals surface area (Å²) < 4.78 is 36.2. The third-order valence-electron chi connectivity index (χ3n) is 6.19. The SMILES string of the molecule is COC1CC(c2ccnc(-n3cc(S(=O)(=O)N(CO)c4cccc5cnn(C)c45)cn3)c2)C1. The van der Waals surface area contributed by atoms with Gasteiger partial charge in [-0.2, -0.15) is 10.2 Å². The smallest absolute Gasteiger partial charge is 0.269 e. The van der Waals surface area contributed by atoms with Crippen molar-refractivity contribution in [1.82, 2.24) is 24.5 Å². The van der Waals surface area contributed by atoms with Crippen LogP contribution in [0.3, 0.4) is 0 Å². The molecule has 10 nitrogen and oxygen atoms in total. The zero-order valence-corrected chi connectivity index (χ0v) is 19.1. The fourth-order valence-electron chi connectivity index (χ4n) is 4.23. The first-order valence-electron chi connectivity index (χ1n) is 10.5. The van der Waals surface area contributed by atoms with Crippen LogP contribution in [-0.2, 0) is 21.8 Å². The minimum atomic E-state index is -4.09. The molecular weight excluding hydrogens is 444 g/mol. The summed E-state index contributed by atoms with van der Waals surface area (Å²) in [5, 5.41) is 19.2. The number of anilines is 1. The molecule has 3 heterocycles. The highest BCUT2D eigenvalue weighted by atomic mass is 32.2. The van der Waals surface area contributed by atoms with Crippen LogP contribution in [0.2, 0.25) is 0 Å². The number of aliphatic hydroxyl groups is 1. The first-order chi connectivity index (χ1) is 15.9. The van der Waals surface area contributed by atoms with E-state index in [2.05, 4.69) is 15.2 Å². The second kappa shape index (κ2) is 8.25. The maximum absolute atomic E-state index is 13.4. The van der Waals surface area contributed by atoms with Crippen molar-refractivity contribution < 1.29 is 18.3 Å². The van der Waals surface area contributed by atoms with Crippen molar-refractivity contribution in [2.45, 2.75) is 29.8 Å². The molecular formula is C22H24N6O4S. The first kappa shape index (κ1) is 21.6. The van der Waals surface area contributed by atoms with Crippen LogP contribution in [0.5, 0.6) is 0 Å². The molecule has 33 heavy (non-hydrogen) atoms. The van der Waals surface area contributed by atoms with E-state index in [1.54, 1.807) is 43.4 Å². The molecule has 0 aliphatic heterocycles. The molecule has 1 N–H and O–H groups in total. The van der Waals surface area contributed by atoms with Gasteiger partial charge in [-0.15, -0.1) is 0 Å². The Morgan fingerprint density at radius 2 is 2.03 bits per heavy atom. The lowest BCUT2D eigenvalue weighted by Gasteiger charge is -2.34. The number of rotatable bonds is 7. The van der Waals surface area contributed by atoms with Gasteiger partial charge in [0, 0.05) is 25.7 Å². The Morgan fingerprint density at radius 1 is 1.21 bits per heavy atom. The zero-order valence-electron chi connectivity index (χ0n) is 18.2. The summed E-state index contributed by atoms with van der Waals surface area (Å²) in [6, 6.07) is 9.08. The van der Waals surface area contributed by atoms with Gasteiger partial charge in [0.1, 0.15) is 11.6 Å². The van der Waals surface area contributed by atoms with E-state index in [1.807, 2.05) is 18.2 Å². The Balaban J connectivity index is 1.47. The van der Waals surface area contributed by atoms with Crippen molar-refractivity contribution in [2.75, 3.05) is 18.1 Å². The first-order valence-corrected chi connectivity index (χ1v) is 11.9. The van der Waals surface area contributed by atoms with Crippen molar-refractivity contribution in [3.05, 3.63) is 60.7 Å². The van der Waals surface area contributed by atoms with Crippen LogP contribution in [0.25, 0.3) is 16.7 Å². The molecule has 1 saturated carbocycles. The molecule has 0 bridgehead atoms. The Bertz CT molecular complexity index is 1410. The number of para-hydroxylation sites is 1. The fraction of sp³-hybridized carbons (Fsp3) is 0.318. The highest BCUT2D eigenvalue weighted by Crippen LogP contribution is 2.38. The molecule has 0 amide bonds. The van der Waals surface area contributed by atoms with Gasteiger partial charge in [0.25, 0.3) is 10.0 Å². The van der Waals surface area contributed by atoms with Crippen LogP contribution in [0.1, 0.15) is 24.3 Å². The second-order valence-corrected chi connectivity index (χ2v) is 9.93. The number of pyridine rings is 1. The number of aryl methyl sites for hydroxylation is 1. The molecule has 0 unspecified atom stereocenters. The van der Waals surface area contributed by atoms with Crippen molar-refractivity contribution >= 4 is 26.6 Å². The normalized spacial score (nSPS) is 18.4. The number of methoxy groups -OCH3 is 1. The maximum atomic E-state index is 13.4. The average molecular weight is 469 g/mol. The number of sulfonamides is 1. The number of aromatic nitrogens is 5. The molecule has 4 aromatic rings. The van der Waals surface area contributed by atoms with Crippen LogP contribution in [0, 0.1) is 0 Å². The van der Waals surface area contributed by atoms with Gasteiger partial charge in [-0.05, 0) is 42.5 Å². The molecule has 1 aliphatic rings. The Morgan fingerprint density at radius 3 is 2.79 bits per heavy atom. The van der Waals surface area contributed by atoms with E-state index in [-0.39, 0.29) is 11.0 Å². The number of hydrogen-bond acceptors (Lipinski definition) is 7. The third kappa shape index (κ3) is 3.67. The number of hydrogen-bond donors (Lipinski definition) is 1. The number of nitrogens with zero attached hydrogens (tertiary/aromatic N) is 6. The van der Waals surface area contributed by atoms with E-state index in [4.69, 9.17) is 4.74 Å². The molecule has 1 aliphatic carbocycles. The van der Waals surface area contributed by atoms with Gasteiger partial charge < -0.3 is 9.84 Å². The van der Waals surface area contributed by atoms with E-state index in [0.29, 0.717) is 22.9 Å². The van der Waals surface area contributed by atoms with Crippen LogP contribution < -0.4 is 4.31 Å². The van der Waals surface area contributed by atoms with Crippen molar-refractivity contribution in [2.24, 2.45) is 7.05 Å². The van der Waals surface area contributed by atoms with Gasteiger partial charge >= 0.3 is 0 Å². The van der Waals surface area contributed by atoms with Crippen molar-refractivity contribution in [3.63, 3.8) is 0 Å². The summed E-state index contributed by atoms with van der Waals surface area (Å²) in [5.41, 5.74) is 2.06. The van der Waals surface area contributed by atoms with Crippen LogP contribution in [0.4, 0.5) is 5.69 Å². The topological polar surface area (TPSA) is 115 Å². The van der Waals surface area contributed by atoms with Gasteiger partial charge in [0.15, 0.2) is 5.82 Å². The summed E-state index contributed by atoms with van der Waals surface area (Å²) in [4.78, 5) is 4.30. The monoisotopic (exact) mass is 468 g/mol. The molecule has 5 rings (SSSR count). The van der Waals surface area contributed by atoms with E-state index >= 15 is 0 Å². The Hall–Kier alpha value is -3.28. The number of ether oxygens (including phenoxy) is 1. The van der Waals surface area contributed by atoms with Crippen molar-refractivity contribution in [3.8, 4) is 5.82 Å². The van der Waals surface area contributed by atoms with Crippen LogP contribution >= 0.6 is 0 Å². The lowest BCUT2D eigenvalue weighted by molar-refractivity contribution is 0.0257. The van der Waals surface area contributed by atoms with Crippen molar-refractivity contribution in [1.29, 1.82) is 0 Å². The Labute approximate surface area is 191 Å². The summed E-state index contributed by atoms with van der Waals surface area (Å²) in [5.74, 6) is 0.916. The van der Waals surface area contributed by atoms with Gasteiger partial charge in [-0.25, -0.2) is 22.4 Å². The number of benzene rings is 1. The molecule has 0 saturated heterocycles. The molecule has 172 valence electrons. The minimum Gasteiger partial charge on any atom is -0.381 e.